The van der Waals surface area contributed by atoms with Gasteiger partial charge in [0.25, 0.3) is 5.91 Å². The average molecular weight is 326 g/mol. The molecule has 0 saturated carbocycles. The molecule has 0 unspecified atom stereocenters. The Morgan fingerprint density at radius 3 is 2.79 bits per heavy atom. The van der Waals surface area contributed by atoms with Gasteiger partial charge in [0, 0.05) is 19.8 Å². The Bertz CT molecular complexity index is 964. The molecule has 0 aliphatic rings. The molecule has 1 aromatic carbocycles. The van der Waals surface area contributed by atoms with Gasteiger partial charge in [0.1, 0.15) is 16.7 Å². The number of nitrogens with one attached hydrogen (secondary N) is 1. The van der Waals surface area contributed by atoms with E-state index in [-0.39, 0.29) is 23.4 Å². The van der Waals surface area contributed by atoms with Crippen molar-refractivity contribution in [2.75, 3.05) is 0 Å². The van der Waals surface area contributed by atoms with Crippen LogP contribution in [0.4, 0.5) is 4.39 Å². The molecule has 24 heavy (non-hydrogen) atoms. The third-order valence-corrected chi connectivity index (χ3v) is 3.54. The van der Waals surface area contributed by atoms with Crippen LogP contribution in [0.2, 0.25) is 0 Å². The minimum Gasteiger partial charge on any atom is -0.346 e. The summed E-state index contributed by atoms with van der Waals surface area (Å²) in [6, 6.07) is 9.43. The first kappa shape index (κ1) is 15.6. The van der Waals surface area contributed by atoms with Crippen molar-refractivity contribution in [2.24, 2.45) is 18.0 Å². The van der Waals surface area contributed by atoms with Crippen molar-refractivity contribution in [3.05, 3.63) is 65.0 Å². The van der Waals surface area contributed by atoms with Gasteiger partial charge in [0.05, 0.1) is 5.52 Å². The van der Waals surface area contributed by atoms with E-state index in [1.807, 2.05) is 6.07 Å². The Balaban J connectivity index is 1.93. The zero-order valence-electron chi connectivity index (χ0n) is 12.9. The molecular weight excluding hydrogens is 311 g/mol. The predicted octanol–water partition coefficient (Wildman–Crippen LogP) is 0.812. The number of amides is 1. The van der Waals surface area contributed by atoms with Crippen LogP contribution in [0.15, 0.2) is 47.7 Å². The summed E-state index contributed by atoms with van der Waals surface area (Å²) < 4.78 is 14.5. The molecule has 3 N–H and O–H groups in total. The van der Waals surface area contributed by atoms with Gasteiger partial charge >= 0.3 is 0 Å². The zero-order chi connectivity index (χ0) is 17.1. The number of aromatic nitrogens is 3. The van der Waals surface area contributed by atoms with Gasteiger partial charge in [0.2, 0.25) is 0 Å². The number of halogens is 1. The fourth-order valence-electron chi connectivity index (χ4n) is 2.35. The molecule has 2 aromatic heterocycles. The lowest BCUT2D eigenvalue weighted by Gasteiger charge is -2.09. The Morgan fingerprint density at radius 2 is 2.08 bits per heavy atom. The van der Waals surface area contributed by atoms with E-state index >= 15 is 0 Å². The van der Waals surface area contributed by atoms with E-state index in [1.54, 1.807) is 36.1 Å². The highest BCUT2D eigenvalue weighted by atomic mass is 19.1. The first-order valence-corrected chi connectivity index (χ1v) is 7.18. The van der Waals surface area contributed by atoms with Crippen molar-refractivity contribution < 1.29 is 9.18 Å². The molecule has 0 atom stereocenters. The van der Waals surface area contributed by atoms with Crippen LogP contribution in [0.5, 0.6) is 0 Å². The maximum Gasteiger partial charge on any atom is 0.274 e. The first-order valence-electron chi connectivity index (χ1n) is 7.18. The van der Waals surface area contributed by atoms with Gasteiger partial charge in [-0.1, -0.05) is 12.1 Å². The number of aryl methyl sites for hydroxylation is 1. The van der Waals surface area contributed by atoms with Crippen LogP contribution in [0.3, 0.4) is 0 Å². The van der Waals surface area contributed by atoms with E-state index in [2.05, 4.69) is 20.5 Å². The Kier molecular flexibility index (Phi) is 4.19. The number of hydrogen-bond donors (Lipinski definition) is 2. The summed E-state index contributed by atoms with van der Waals surface area (Å²) >= 11 is 0. The van der Waals surface area contributed by atoms with Crippen LogP contribution in [0, 0.1) is 5.82 Å². The number of nitrogens with zero attached hydrogens (tertiary/aromatic N) is 4. The molecule has 0 bridgehead atoms. The number of carbonyl (C=O) groups is 1. The maximum absolute atomic E-state index is 12.9. The Hall–Kier alpha value is -3.29. The second kappa shape index (κ2) is 6.45. The predicted molar refractivity (Wildman–Crippen MR) is 85.8 cm³/mol. The van der Waals surface area contributed by atoms with Crippen molar-refractivity contribution in [1.82, 2.24) is 20.1 Å². The molecule has 0 fully saturated rings. The highest BCUT2D eigenvalue weighted by Gasteiger charge is 2.15. The van der Waals surface area contributed by atoms with Crippen LogP contribution >= 0.6 is 0 Å². The van der Waals surface area contributed by atoms with Crippen LogP contribution in [0.1, 0.15) is 16.1 Å². The molecular formula is C16H15FN6O. The number of fused-ring (bicyclic) bond motifs is 1. The standard InChI is InChI=1S/C16H15FN6O/c1-23-12-3-2-8-19-13(12)14(21-18)15(22-23)16(24)20-9-10-4-6-11(17)7-5-10/h2-8H,9,18H2,1H3,(H,20,24)/b21-14+. The summed E-state index contributed by atoms with van der Waals surface area (Å²) in [7, 11) is 1.71. The molecule has 3 aromatic rings. The van der Waals surface area contributed by atoms with Crippen LogP contribution < -0.4 is 16.5 Å². The zero-order valence-corrected chi connectivity index (χ0v) is 12.9. The van der Waals surface area contributed by atoms with E-state index in [1.165, 1.54) is 12.1 Å². The highest BCUT2D eigenvalue weighted by Crippen LogP contribution is 2.06. The molecule has 0 aliphatic heterocycles. The number of rotatable bonds is 3. The quantitative estimate of drug-likeness (QED) is 0.550. The summed E-state index contributed by atoms with van der Waals surface area (Å²) in [5, 5.41) is 10.9. The van der Waals surface area contributed by atoms with Crippen molar-refractivity contribution in [2.45, 2.75) is 6.54 Å². The minimum absolute atomic E-state index is 0.0771. The van der Waals surface area contributed by atoms with Gasteiger partial charge in [-0.25, -0.2) is 4.39 Å². The topological polar surface area (TPSA) is 98.2 Å². The molecule has 0 saturated heterocycles. The second-order valence-corrected chi connectivity index (χ2v) is 5.13. The SMILES string of the molecule is Cn1nc(C(=O)NCc2ccc(F)cc2)/c(=N/N)c2ncccc21. The summed E-state index contributed by atoms with van der Waals surface area (Å²) in [4.78, 5) is 16.7. The van der Waals surface area contributed by atoms with E-state index in [0.717, 1.165) is 5.56 Å². The van der Waals surface area contributed by atoms with Gasteiger partial charge in [-0.15, -0.1) is 0 Å². The third-order valence-electron chi connectivity index (χ3n) is 3.54. The van der Waals surface area contributed by atoms with Crippen molar-refractivity contribution in [3.63, 3.8) is 0 Å². The van der Waals surface area contributed by atoms with E-state index in [9.17, 15) is 9.18 Å². The van der Waals surface area contributed by atoms with Crippen LogP contribution in [-0.2, 0) is 13.6 Å². The molecule has 1 amide bonds. The molecule has 7 nitrogen and oxygen atoms in total. The molecule has 8 heteroatoms. The van der Waals surface area contributed by atoms with Crippen LogP contribution in [-0.4, -0.2) is 20.7 Å². The summed E-state index contributed by atoms with van der Waals surface area (Å²) in [5.41, 5.74) is 2.04. The van der Waals surface area contributed by atoms with Gasteiger partial charge in [-0.3, -0.25) is 14.5 Å². The summed E-state index contributed by atoms with van der Waals surface area (Å²) in [6.45, 7) is 0.231. The first-order chi connectivity index (χ1) is 11.6. The molecule has 0 radical (unpaired) electrons. The number of carbonyl (C=O) groups excluding carboxylic acids is 1. The van der Waals surface area contributed by atoms with Crippen molar-refractivity contribution in [1.29, 1.82) is 0 Å². The Morgan fingerprint density at radius 1 is 1.33 bits per heavy atom. The third kappa shape index (κ3) is 2.94. The molecule has 0 aliphatic carbocycles. The highest BCUT2D eigenvalue weighted by molar-refractivity contribution is 5.94. The fourth-order valence-corrected chi connectivity index (χ4v) is 2.35. The summed E-state index contributed by atoms with van der Waals surface area (Å²) in [5.74, 6) is 4.67. The van der Waals surface area contributed by atoms with Gasteiger partial charge in [0.15, 0.2) is 5.69 Å². The lowest BCUT2D eigenvalue weighted by Crippen LogP contribution is -2.33. The smallest absolute Gasteiger partial charge is 0.274 e. The fraction of sp³-hybridized carbons (Fsp3) is 0.125. The van der Waals surface area contributed by atoms with E-state index in [0.29, 0.717) is 11.0 Å². The molecule has 2 heterocycles. The lowest BCUT2D eigenvalue weighted by molar-refractivity contribution is 0.0942. The monoisotopic (exact) mass is 326 g/mol. The lowest BCUT2D eigenvalue weighted by atomic mass is 10.2. The van der Waals surface area contributed by atoms with Crippen molar-refractivity contribution >= 4 is 16.9 Å². The molecule has 3 rings (SSSR count). The average Bonchev–Trinajstić information content (AvgIpc) is 2.61. The van der Waals surface area contributed by atoms with Gasteiger partial charge in [-0.2, -0.15) is 10.2 Å². The second-order valence-electron chi connectivity index (χ2n) is 5.13. The van der Waals surface area contributed by atoms with Gasteiger partial charge in [-0.05, 0) is 29.8 Å². The number of benzene rings is 1. The number of nitrogens with two attached hydrogens (primary N) is 1. The van der Waals surface area contributed by atoms with Crippen LogP contribution in [0.25, 0.3) is 11.0 Å². The van der Waals surface area contributed by atoms with Crippen molar-refractivity contribution in [3.8, 4) is 0 Å². The number of hydrogen-bond acceptors (Lipinski definition) is 5. The van der Waals surface area contributed by atoms with Gasteiger partial charge < -0.3 is 11.2 Å². The van der Waals surface area contributed by atoms with E-state index < -0.39 is 5.91 Å². The largest absolute Gasteiger partial charge is 0.346 e. The summed E-state index contributed by atoms with van der Waals surface area (Å²) in [6.07, 6.45) is 1.59. The normalized spacial score (nSPS) is 11.7. The number of pyridine rings is 1. The van der Waals surface area contributed by atoms with E-state index in [4.69, 9.17) is 5.84 Å². The maximum atomic E-state index is 12.9. The molecule has 122 valence electrons. The molecule has 0 spiro atoms. The Labute approximate surface area is 136 Å². The minimum atomic E-state index is -0.438.